The quantitative estimate of drug-likeness (QED) is 0.612. The monoisotopic (exact) mass is 160 g/mol. The summed E-state index contributed by atoms with van der Waals surface area (Å²) < 4.78 is 13.0. The van der Waals surface area contributed by atoms with Crippen LogP contribution in [0.2, 0.25) is 0 Å². The third kappa shape index (κ3) is 3.51. The normalized spacial score (nSPS) is 18.9. The second-order valence-electron chi connectivity index (χ2n) is 3.04. The smallest absolute Gasteiger partial charge is 0.132 e. The van der Waals surface area contributed by atoms with Gasteiger partial charge in [-0.05, 0) is 13.3 Å². The molecule has 2 unspecified atom stereocenters. The van der Waals surface area contributed by atoms with E-state index < -0.39 is 11.8 Å². The molecule has 0 fully saturated rings. The van der Waals surface area contributed by atoms with Gasteiger partial charge in [0, 0.05) is 0 Å². The van der Waals surface area contributed by atoms with Gasteiger partial charge in [0.15, 0.2) is 0 Å². The van der Waals surface area contributed by atoms with Crippen molar-refractivity contribution in [2.24, 2.45) is 0 Å². The van der Waals surface area contributed by atoms with Crippen LogP contribution >= 0.6 is 0 Å². The van der Waals surface area contributed by atoms with E-state index in [1.807, 2.05) is 6.92 Å². The highest BCUT2D eigenvalue weighted by molar-refractivity contribution is 4.97. The Hall–Kier alpha value is -0.370. The molecule has 0 amide bonds. The molecule has 2 atom stereocenters. The molecule has 0 aromatic carbocycles. The lowest BCUT2D eigenvalue weighted by Gasteiger charge is -2.22. The van der Waals surface area contributed by atoms with Crippen LogP contribution in [0.3, 0.4) is 0 Å². The topological polar surface area (TPSA) is 20.2 Å². The van der Waals surface area contributed by atoms with Gasteiger partial charge in [-0.15, -0.1) is 6.58 Å². The first-order chi connectivity index (χ1) is 5.04. The summed E-state index contributed by atoms with van der Waals surface area (Å²) in [5.74, 6) is 0. The molecule has 0 aromatic heterocycles. The lowest BCUT2D eigenvalue weighted by molar-refractivity contribution is 0.0183. The van der Waals surface area contributed by atoms with Crippen LogP contribution in [0.5, 0.6) is 0 Å². The van der Waals surface area contributed by atoms with Crippen LogP contribution in [0.4, 0.5) is 4.39 Å². The molecule has 1 N–H and O–H groups in total. The molecule has 0 spiro atoms. The summed E-state index contributed by atoms with van der Waals surface area (Å²) in [6.45, 7) is 6.81. The molecule has 0 aromatic rings. The van der Waals surface area contributed by atoms with E-state index >= 15 is 0 Å². The molecule has 0 bridgehead atoms. The highest BCUT2D eigenvalue weighted by atomic mass is 19.1. The minimum Gasteiger partial charge on any atom is -0.383 e. The van der Waals surface area contributed by atoms with Crippen molar-refractivity contribution >= 4 is 0 Å². The highest BCUT2D eigenvalue weighted by Gasteiger charge is 2.27. The lowest BCUT2D eigenvalue weighted by Crippen LogP contribution is -2.33. The molecule has 66 valence electrons. The highest BCUT2D eigenvalue weighted by Crippen LogP contribution is 2.19. The van der Waals surface area contributed by atoms with E-state index in [-0.39, 0.29) is 0 Å². The molecule has 0 aliphatic carbocycles. The predicted octanol–water partition coefficient (Wildman–Crippen LogP) is 2.45. The number of hydrogen-bond acceptors (Lipinski definition) is 1. The van der Waals surface area contributed by atoms with Gasteiger partial charge in [-0.2, -0.15) is 0 Å². The maximum Gasteiger partial charge on any atom is 0.132 e. The lowest BCUT2D eigenvalue weighted by atomic mass is 9.96. The average Bonchev–Trinajstić information content (AvgIpc) is 2.00. The second-order valence-corrected chi connectivity index (χ2v) is 3.04. The van der Waals surface area contributed by atoms with Crippen molar-refractivity contribution in [3.63, 3.8) is 0 Å². The summed E-state index contributed by atoms with van der Waals surface area (Å²) in [4.78, 5) is 0. The van der Waals surface area contributed by atoms with Crippen LogP contribution in [0, 0.1) is 0 Å². The zero-order valence-corrected chi connectivity index (χ0v) is 7.31. The Labute approximate surface area is 67.9 Å². The standard InChI is InChI=1S/C9H17FO/c1-4-6-7-8(10)9(3,11)5-2/h5,8,11H,2,4,6-7H2,1,3H3. The minimum absolute atomic E-state index is 0.412. The Balaban J connectivity index is 3.80. The van der Waals surface area contributed by atoms with Crippen LogP contribution in [0.15, 0.2) is 12.7 Å². The van der Waals surface area contributed by atoms with Crippen LogP contribution < -0.4 is 0 Å². The Morgan fingerprint density at radius 2 is 2.27 bits per heavy atom. The van der Waals surface area contributed by atoms with Crippen molar-refractivity contribution < 1.29 is 9.50 Å². The SMILES string of the molecule is C=CC(C)(O)C(F)CCCC. The molecule has 0 radical (unpaired) electrons. The molecule has 11 heavy (non-hydrogen) atoms. The Morgan fingerprint density at radius 1 is 1.73 bits per heavy atom. The molecule has 2 heteroatoms. The van der Waals surface area contributed by atoms with Crippen LogP contribution in [0.1, 0.15) is 33.1 Å². The summed E-state index contributed by atoms with van der Waals surface area (Å²) in [7, 11) is 0. The number of rotatable bonds is 5. The van der Waals surface area contributed by atoms with Crippen LogP contribution in [-0.4, -0.2) is 16.9 Å². The summed E-state index contributed by atoms with van der Waals surface area (Å²) >= 11 is 0. The first kappa shape index (κ1) is 10.6. The van der Waals surface area contributed by atoms with Gasteiger partial charge < -0.3 is 5.11 Å². The summed E-state index contributed by atoms with van der Waals surface area (Å²) in [6.07, 6.45) is 2.25. The molecule has 0 aliphatic heterocycles. The maximum atomic E-state index is 13.0. The van der Waals surface area contributed by atoms with Crippen molar-refractivity contribution in [1.29, 1.82) is 0 Å². The average molecular weight is 160 g/mol. The van der Waals surface area contributed by atoms with E-state index in [1.165, 1.54) is 13.0 Å². The number of alkyl halides is 1. The third-order valence-corrected chi connectivity index (χ3v) is 1.86. The largest absolute Gasteiger partial charge is 0.383 e. The molecular weight excluding hydrogens is 143 g/mol. The van der Waals surface area contributed by atoms with Crippen molar-refractivity contribution in [3.05, 3.63) is 12.7 Å². The summed E-state index contributed by atoms with van der Waals surface area (Å²) in [5.41, 5.74) is -1.35. The third-order valence-electron chi connectivity index (χ3n) is 1.86. The van der Waals surface area contributed by atoms with E-state index in [9.17, 15) is 9.50 Å². The Morgan fingerprint density at radius 3 is 2.64 bits per heavy atom. The van der Waals surface area contributed by atoms with Crippen molar-refractivity contribution in [2.45, 2.75) is 44.9 Å². The molecule has 0 saturated carbocycles. The molecule has 0 aliphatic rings. The van der Waals surface area contributed by atoms with Gasteiger partial charge >= 0.3 is 0 Å². The molecule has 1 nitrogen and oxygen atoms in total. The van der Waals surface area contributed by atoms with Gasteiger partial charge in [0.2, 0.25) is 0 Å². The van der Waals surface area contributed by atoms with Gasteiger partial charge in [-0.1, -0.05) is 25.8 Å². The van der Waals surface area contributed by atoms with Gasteiger partial charge in [0.1, 0.15) is 11.8 Å². The van der Waals surface area contributed by atoms with E-state index in [0.717, 1.165) is 12.8 Å². The second kappa shape index (κ2) is 4.50. The van der Waals surface area contributed by atoms with E-state index in [0.29, 0.717) is 6.42 Å². The number of unbranched alkanes of at least 4 members (excludes halogenated alkanes) is 1. The number of halogens is 1. The van der Waals surface area contributed by atoms with Crippen molar-refractivity contribution in [2.75, 3.05) is 0 Å². The summed E-state index contributed by atoms with van der Waals surface area (Å²) in [6, 6.07) is 0. The minimum atomic E-state index is -1.35. The van der Waals surface area contributed by atoms with Gasteiger partial charge in [-0.3, -0.25) is 0 Å². The molecule has 0 saturated heterocycles. The molecule has 0 heterocycles. The van der Waals surface area contributed by atoms with Gasteiger partial charge in [0.25, 0.3) is 0 Å². The first-order valence-corrected chi connectivity index (χ1v) is 4.04. The Bertz CT molecular complexity index is 121. The maximum absolute atomic E-state index is 13.0. The van der Waals surface area contributed by atoms with E-state index in [1.54, 1.807) is 0 Å². The van der Waals surface area contributed by atoms with Crippen LogP contribution in [-0.2, 0) is 0 Å². The predicted molar refractivity (Wildman–Crippen MR) is 45.2 cm³/mol. The van der Waals surface area contributed by atoms with Crippen molar-refractivity contribution in [3.8, 4) is 0 Å². The fraction of sp³-hybridized carbons (Fsp3) is 0.778. The fourth-order valence-corrected chi connectivity index (χ4v) is 0.803. The zero-order chi connectivity index (χ0) is 8.91. The van der Waals surface area contributed by atoms with Gasteiger partial charge in [-0.25, -0.2) is 4.39 Å². The summed E-state index contributed by atoms with van der Waals surface area (Å²) in [5, 5.41) is 9.33. The number of hydrogen-bond donors (Lipinski definition) is 1. The molecular formula is C9H17FO. The van der Waals surface area contributed by atoms with Crippen molar-refractivity contribution in [1.82, 2.24) is 0 Å². The zero-order valence-electron chi connectivity index (χ0n) is 7.31. The first-order valence-electron chi connectivity index (χ1n) is 4.04. The van der Waals surface area contributed by atoms with Crippen LogP contribution in [0.25, 0.3) is 0 Å². The van der Waals surface area contributed by atoms with Gasteiger partial charge in [0.05, 0.1) is 0 Å². The fourth-order valence-electron chi connectivity index (χ4n) is 0.803. The number of aliphatic hydroxyl groups is 1. The van der Waals surface area contributed by atoms with E-state index in [4.69, 9.17) is 0 Å². The Kier molecular flexibility index (Phi) is 4.34. The van der Waals surface area contributed by atoms with E-state index in [2.05, 4.69) is 6.58 Å². The molecule has 0 rings (SSSR count).